The van der Waals surface area contributed by atoms with E-state index < -0.39 is 17.9 Å². The molecular formula is C12H19N3O4. The molecule has 106 valence electrons. The number of imide groups is 1. The monoisotopic (exact) mass is 269 g/mol. The predicted molar refractivity (Wildman–Crippen MR) is 68.6 cm³/mol. The summed E-state index contributed by atoms with van der Waals surface area (Å²) in [5.41, 5.74) is 0. The maximum atomic E-state index is 11.8. The third kappa shape index (κ3) is 4.70. The molecule has 1 atom stereocenters. The summed E-state index contributed by atoms with van der Waals surface area (Å²) in [6.07, 6.45) is 1.52. The Bertz CT molecular complexity index is 394. The van der Waals surface area contributed by atoms with Crippen LogP contribution < -0.4 is 5.32 Å². The molecule has 0 aromatic heterocycles. The number of aliphatic carboxylic acids is 1. The van der Waals surface area contributed by atoms with Crippen molar-refractivity contribution in [2.45, 2.75) is 19.9 Å². The van der Waals surface area contributed by atoms with Crippen molar-refractivity contribution in [3.63, 3.8) is 0 Å². The molecule has 1 aliphatic rings. The first-order chi connectivity index (χ1) is 8.93. The van der Waals surface area contributed by atoms with Crippen LogP contribution in [-0.2, 0) is 9.59 Å². The van der Waals surface area contributed by atoms with Gasteiger partial charge in [0.15, 0.2) is 0 Å². The van der Waals surface area contributed by atoms with Crippen LogP contribution in [0.4, 0.5) is 4.79 Å². The third-order valence-corrected chi connectivity index (χ3v) is 3.07. The van der Waals surface area contributed by atoms with Crippen molar-refractivity contribution in [2.24, 2.45) is 0 Å². The Morgan fingerprint density at radius 2 is 2.00 bits per heavy atom. The fourth-order valence-electron chi connectivity index (χ4n) is 2.02. The Labute approximate surface area is 111 Å². The van der Waals surface area contributed by atoms with Crippen molar-refractivity contribution in [3.05, 3.63) is 12.2 Å². The number of carbonyl (C=O) groups is 3. The van der Waals surface area contributed by atoms with Crippen molar-refractivity contribution in [3.8, 4) is 0 Å². The van der Waals surface area contributed by atoms with Crippen LogP contribution in [0, 0.1) is 0 Å². The van der Waals surface area contributed by atoms with Gasteiger partial charge in [-0.05, 0) is 13.5 Å². The summed E-state index contributed by atoms with van der Waals surface area (Å²) in [5.74, 6) is -1.95. The van der Waals surface area contributed by atoms with Gasteiger partial charge in [0, 0.05) is 37.8 Å². The van der Waals surface area contributed by atoms with Crippen LogP contribution in [0.25, 0.3) is 0 Å². The lowest BCUT2D eigenvalue weighted by Gasteiger charge is -2.39. The number of hydrogen-bond acceptors (Lipinski definition) is 4. The maximum absolute atomic E-state index is 11.8. The van der Waals surface area contributed by atoms with E-state index in [-0.39, 0.29) is 6.04 Å². The topological polar surface area (TPSA) is 90.0 Å². The van der Waals surface area contributed by atoms with E-state index in [9.17, 15) is 14.4 Å². The molecule has 2 N–H and O–H groups in total. The van der Waals surface area contributed by atoms with E-state index in [4.69, 9.17) is 5.11 Å². The van der Waals surface area contributed by atoms with Gasteiger partial charge in [0.05, 0.1) is 0 Å². The number of nitrogens with one attached hydrogen (secondary N) is 1. The van der Waals surface area contributed by atoms with E-state index in [1.807, 2.05) is 6.92 Å². The molecule has 1 aliphatic heterocycles. The first-order valence-corrected chi connectivity index (χ1v) is 6.19. The summed E-state index contributed by atoms with van der Waals surface area (Å²) in [5, 5.41) is 10.5. The Morgan fingerprint density at radius 3 is 2.53 bits per heavy atom. The SMILES string of the molecule is CCN1CCN(C(=O)NC(=O)C=CC(=O)O)CC1C. The summed E-state index contributed by atoms with van der Waals surface area (Å²) in [7, 11) is 0. The smallest absolute Gasteiger partial charge is 0.328 e. The van der Waals surface area contributed by atoms with Crippen LogP contribution >= 0.6 is 0 Å². The molecule has 1 fully saturated rings. The number of piperazine rings is 1. The minimum absolute atomic E-state index is 0.245. The van der Waals surface area contributed by atoms with Crippen molar-refractivity contribution in [1.82, 2.24) is 15.1 Å². The number of hydrogen-bond donors (Lipinski definition) is 2. The average molecular weight is 269 g/mol. The molecule has 0 aliphatic carbocycles. The Morgan fingerprint density at radius 1 is 1.32 bits per heavy atom. The van der Waals surface area contributed by atoms with Crippen molar-refractivity contribution in [2.75, 3.05) is 26.2 Å². The number of carboxylic acid groups (broad SMARTS) is 1. The maximum Gasteiger partial charge on any atom is 0.328 e. The molecule has 19 heavy (non-hydrogen) atoms. The summed E-state index contributed by atoms with van der Waals surface area (Å²) in [6, 6.07) is -0.239. The molecule has 1 heterocycles. The number of likely N-dealkylation sites (N-methyl/N-ethyl adjacent to an activating group) is 1. The first-order valence-electron chi connectivity index (χ1n) is 6.19. The van der Waals surface area contributed by atoms with E-state index in [0.717, 1.165) is 19.2 Å². The largest absolute Gasteiger partial charge is 0.478 e. The molecule has 0 radical (unpaired) electrons. The quantitative estimate of drug-likeness (QED) is 0.698. The zero-order valence-corrected chi connectivity index (χ0v) is 11.1. The van der Waals surface area contributed by atoms with Gasteiger partial charge in [0.25, 0.3) is 5.91 Å². The summed E-state index contributed by atoms with van der Waals surface area (Å²) < 4.78 is 0. The van der Waals surface area contributed by atoms with Gasteiger partial charge in [0.1, 0.15) is 0 Å². The van der Waals surface area contributed by atoms with Gasteiger partial charge in [0.2, 0.25) is 0 Å². The van der Waals surface area contributed by atoms with E-state index in [2.05, 4.69) is 17.1 Å². The van der Waals surface area contributed by atoms with E-state index in [0.29, 0.717) is 19.2 Å². The van der Waals surface area contributed by atoms with Crippen LogP contribution in [0.1, 0.15) is 13.8 Å². The molecule has 7 heteroatoms. The molecule has 0 aromatic rings. The minimum atomic E-state index is -1.23. The first kappa shape index (κ1) is 15.2. The molecular weight excluding hydrogens is 250 g/mol. The van der Waals surface area contributed by atoms with Crippen LogP contribution in [0.5, 0.6) is 0 Å². The fourth-order valence-corrected chi connectivity index (χ4v) is 2.02. The minimum Gasteiger partial charge on any atom is -0.478 e. The summed E-state index contributed by atoms with van der Waals surface area (Å²) in [6.45, 7) is 6.89. The highest BCUT2D eigenvalue weighted by Crippen LogP contribution is 2.08. The van der Waals surface area contributed by atoms with Crippen LogP contribution in [0.15, 0.2) is 12.2 Å². The number of nitrogens with zero attached hydrogens (tertiary/aromatic N) is 2. The van der Waals surface area contributed by atoms with Crippen molar-refractivity contribution >= 4 is 17.9 Å². The molecule has 7 nitrogen and oxygen atoms in total. The highest BCUT2D eigenvalue weighted by Gasteiger charge is 2.26. The lowest BCUT2D eigenvalue weighted by Crippen LogP contribution is -2.56. The second-order valence-corrected chi connectivity index (χ2v) is 4.39. The average Bonchev–Trinajstić information content (AvgIpc) is 2.36. The highest BCUT2D eigenvalue weighted by molar-refractivity contribution is 6.02. The number of carboxylic acids is 1. The van der Waals surface area contributed by atoms with Gasteiger partial charge in [-0.15, -0.1) is 0 Å². The molecule has 0 bridgehead atoms. The molecule has 0 spiro atoms. The van der Waals surface area contributed by atoms with Crippen LogP contribution in [-0.4, -0.2) is 65.0 Å². The Kier molecular flexibility index (Phi) is 5.50. The fraction of sp³-hybridized carbons (Fsp3) is 0.583. The zero-order valence-electron chi connectivity index (χ0n) is 11.1. The van der Waals surface area contributed by atoms with Gasteiger partial charge < -0.3 is 10.0 Å². The second-order valence-electron chi connectivity index (χ2n) is 4.39. The van der Waals surface area contributed by atoms with Gasteiger partial charge in [-0.1, -0.05) is 6.92 Å². The normalized spacial score (nSPS) is 20.5. The zero-order chi connectivity index (χ0) is 14.4. The highest BCUT2D eigenvalue weighted by atomic mass is 16.4. The molecule has 1 unspecified atom stereocenters. The van der Waals surface area contributed by atoms with Crippen molar-refractivity contribution < 1.29 is 19.5 Å². The third-order valence-electron chi connectivity index (χ3n) is 3.07. The Hall–Kier alpha value is -1.89. The molecule has 0 aromatic carbocycles. The van der Waals surface area contributed by atoms with E-state index >= 15 is 0 Å². The predicted octanol–water partition coefficient (Wildman–Crippen LogP) is -0.111. The summed E-state index contributed by atoms with van der Waals surface area (Å²) >= 11 is 0. The van der Waals surface area contributed by atoms with Gasteiger partial charge in [-0.25, -0.2) is 9.59 Å². The van der Waals surface area contributed by atoms with E-state index in [1.165, 1.54) is 0 Å². The number of urea groups is 1. The number of rotatable bonds is 3. The van der Waals surface area contributed by atoms with Gasteiger partial charge in [-0.3, -0.25) is 15.0 Å². The number of amides is 3. The van der Waals surface area contributed by atoms with Gasteiger partial charge >= 0.3 is 12.0 Å². The van der Waals surface area contributed by atoms with Crippen molar-refractivity contribution in [1.29, 1.82) is 0 Å². The van der Waals surface area contributed by atoms with Gasteiger partial charge in [-0.2, -0.15) is 0 Å². The number of carbonyl (C=O) groups excluding carboxylic acids is 2. The standard InChI is InChI=1S/C12H19N3O4/c1-3-14-6-7-15(8-9(14)2)12(19)13-10(16)4-5-11(17)18/h4-5,9H,3,6-8H2,1-2H3,(H,17,18)(H,13,16,19). The van der Waals surface area contributed by atoms with E-state index in [1.54, 1.807) is 4.90 Å². The molecule has 3 amide bonds. The molecule has 1 saturated heterocycles. The lowest BCUT2D eigenvalue weighted by molar-refractivity contribution is -0.131. The van der Waals surface area contributed by atoms with Crippen LogP contribution in [0.3, 0.4) is 0 Å². The Balaban J connectivity index is 2.47. The lowest BCUT2D eigenvalue weighted by atomic mass is 10.2. The van der Waals surface area contributed by atoms with Crippen LogP contribution in [0.2, 0.25) is 0 Å². The summed E-state index contributed by atoms with van der Waals surface area (Å²) in [4.78, 5) is 37.1. The molecule has 0 saturated carbocycles. The second kappa shape index (κ2) is 6.89. The molecule has 1 rings (SSSR count).